The predicted molar refractivity (Wildman–Crippen MR) is 90.0 cm³/mol. The Morgan fingerprint density at radius 3 is 2.77 bits per heavy atom. The van der Waals surface area contributed by atoms with Crippen molar-refractivity contribution < 1.29 is 0 Å². The molecule has 0 radical (unpaired) electrons. The van der Waals surface area contributed by atoms with Crippen molar-refractivity contribution in [2.45, 2.75) is 72.1 Å². The molecule has 4 aliphatic carbocycles. The van der Waals surface area contributed by atoms with Crippen LogP contribution >= 0.6 is 0 Å². The minimum Gasteiger partial charge on any atom is -0.193 e. The molecule has 1 heteroatoms. The molecule has 0 N–H and O–H groups in total. The fraction of sp³-hybridized carbons (Fsp3) is 0.857. The van der Waals surface area contributed by atoms with Crippen LogP contribution in [0.4, 0.5) is 0 Å². The highest BCUT2D eigenvalue weighted by molar-refractivity contribution is 5.35. The molecule has 0 bridgehead atoms. The zero-order valence-electron chi connectivity index (χ0n) is 14.6. The van der Waals surface area contributed by atoms with Crippen molar-refractivity contribution in [3.8, 4) is 6.07 Å². The largest absolute Gasteiger partial charge is 0.193 e. The second-order valence-electron chi connectivity index (χ2n) is 9.63. The Morgan fingerprint density at radius 1 is 1.18 bits per heavy atom. The zero-order valence-corrected chi connectivity index (χ0v) is 14.6. The van der Waals surface area contributed by atoms with E-state index in [9.17, 15) is 5.26 Å². The van der Waals surface area contributed by atoms with Crippen molar-refractivity contribution in [1.82, 2.24) is 0 Å². The summed E-state index contributed by atoms with van der Waals surface area (Å²) in [6.07, 6.45) is 13.4. The van der Waals surface area contributed by atoms with Gasteiger partial charge in [0, 0.05) is 11.0 Å². The van der Waals surface area contributed by atoms with E-state index in [4.69, 9.17) is 0 Å². The molecule has 4 rings (SSSR count). The molecule has 3 saturated carbocycles. The monoisotopic (exact) mass is 297 g/mol. The quantitative estimate of drug-likeness (QED) is 0.560. The molecule has 0 unspecified atom stereocenters. The smallest absolute Gasteiger partial charge is 0.0949 e. The molecule has 120 valence electrons. The van der Waals surface area contributed by atoms with Gasteiger partial charge in [-0.25, -0.2) is 0 Å². The van der Waals surface area contributed by atoms with Crippen LogP contribution in [0.5, 0.6) is 0 Å². The summed E-state index contributed by atoms with van der Waals surface area (Å²) in [7, 11) is 0. The van der Waals surface area contributed by atoms with Crippen molar-refractivity contribution >= 4 is 0 Å². The molecule has 0 aromatic carbocycles. The second-order valence-corrected chi connectivity index (χ2v) is 9.63. The lowest BCUT2D eigenvalue weighted by atomic mass is 9.47. The summed E-state index contributed by atoms with van der Waals surface area (Å²) >= 11 is 0. The Labute approximate surface area is 136 Å². The lowest BCUT2D eigenvalue weighted by Crippen LogP contribution is -2.49. The molecule has 0 aromatic rings. The minimum atomic E-state index is 0.214. The number of nitrogens with zero attached hydrogens (tertiary/aromatic N) is 1. The van der Waals surface area contributed by atoms with Gasteiger partial charge >= 0.3 is 0 Å². The van der Waals surface area contributed by atoms with Crippen LogP contribution in [0.3, 0.4) is 0 Å². The molecule has 0 heterocycles. The van der Waals surface area contributed by atoms with Crippen LogP contribution in [0.2, 0.25) is 0 Å². The molecule has 0 spiro atoms. The first-order valence-corrected chi connectivity index (χ1v) is 9.57. The molecular weight excluding hydrogens is 266 g/mol. The number of hydrogen-bond donors (Lipinski definition) is 0. The molecule has 4 aliphatic rings. The summed E-state index contributed by atoms with van der Waals surface area (Å²) in [6, 6.07) is 2.53. The van der Waals surface area contributed by atoms with Gasteiger partial charge in [-0.2, -0.15) is 5.26 Å². The first kappa shape index (κ1) is 14.8. The van der Waals surface area contributed by atoms with Crippen LogP contribution in [-0.4, -0.2) is 0 Å². The Morgan fingerprint density at radius 2 is 2.00 bits per heavy atom. The Balaban J connectivity index is 1.59. The molecule has 22 heavy (non-hydrogen) atoms. The fourth-order valence-electron chi connectivity index (χ4n) is 7.20. The van der Waals surface area contributed by atoms with Crippen molar-refractivity contribution in [2.75, 3.05) is 0 Å². The van der Waals surface area contributed by atoms with E-state index < -0.39 is 0 Å². The van der Waals surface area contributed by atoms with Gasteiger partial charge in [0.1, 0.15) is 0 Å². The maximum atomic E-state index is 9.51. The Hall–Kier alpha value is -0.770. The average molecular weight is 297 g/mol. The summed E-state index contributed by atoms with van der Waals surface area (Å²) in [5.41, 5.74) is 1.95. The van der Waals surface area contributed by atoms with Gasteiger partial charge in [0.05, 0.1) is 6.07 Å². The van der Waals surface area contributed by atoms with Crippen LogP contribution in [0, 0.1) is 51.8 Å². The van der Waals surface area contributed by atoms with Gasteiger partial charge in [-0.3, -0.25) is 0 Å². The molecule has 0 aliphatic heterocycles. The van der Waals surface area contributed by atoms with Gasteiger partial charge in [0.2, 0.25) is 0 Å². The van der Waals surface area contributed by atoms with Crippen molar-refractivity contribution in [2.24, 2.45) is 40.4 Å². The van der Waals surface area contributed by atoms with Crippen LogP contribution in [0.25, 0.3) is 0 Å². The van der Waals surface area contributed by atoms with E-state index in [1.165, 1.54) is 51.4 Å². The third-order valence-corrected chi connectivity index (χ3v) is 8.38. The fourth-order valence-corrected chi connectivity index (χ4v) is 7.20. The number of rotatable bonds is 0. The minimum absolute atomic E-state index is 0.214. The lowest BCUT2D eigenvalue weighted by molar-refractivity contribution is -0.0742. The lowest BCUT2D eigenvalue weighted by Gasteiger charge is -2.58. The van der Waals surface area contributed by atoms with Crippen LogP contribution in [0.15, 0.2) is 11.6 Å². The molecule has 0 aromatic heterocycles. The first-order chi connectivity index (χ1) is 10.5. The van der Waals surface area contributed by atoms with E-state index in [1.807, 2.05) is 0 Å². The number of fused-ring (bicyclic) bond motifs is 4. The maximum Gasteiger partial charge on any atom is 0.0949 e. The van der Waals surface area contributed by atoms with Gasteiger partial charge in [-0.05, 0) is 80.0 Å². The number of hydrogen-bond acceptors (Lipinski definition) is 1. The Kier molecular flexibility index (Phi) is 3.27. The molecular formula is C21H31N. The van der Waals surface area contributed by atoms with E-state index in [1.54, 1.807) is 0 Å². The van der Waals surface area contributed by atoms with E-state index in [0.29, 0.717) is 5.41 Å². The van der Waals surface area contributed by atoms with Crippen molar-refractivity contribution in [3.05, 3.63) is 11.6 Å². The van der Waals surface area contributed by atoms with Crippen LogP contribution in [0.1, 0.15) is 72.1 Å². The Bertz CT molecular complexity index is 541. The molecule has 1 nitrogen and oxygen atoms in total. The highest BCUT2D eigenvalue weighted by Crippen LogP contribution is 2.64. The van der Waals surface area contributed by atoms with Gasteiger partial charge in [0.25, 0.3) is 0 Å². The topological polar surface area (TPSA) is 23.8 Å². The SMILES string of the molecule is C[C@@H]1CC[C@@H]2C[C@H]3[C@@H](CC[C@@]4(C)C(C#N)=CC[C@H]34)C[C@@]2(C)C1. The second kappa shape index (κ2) is 4.86. The van der Waals surface area contributed by atoms with Crippen LogP contribution in [-0.2, 0) is 0 Å². The number of nitriles is 1. The van der Waals surface area contributed by atoms with E-state index >= 15 is 0 Å². The molecule has 7 atom stereocenters. The van der Waals surface area contributed by atoms with Gasteiger partial charge < -0.3 is 0 Å². The van der Waals surface area contributed by atoms with Gasteiger partial charge in [0.15, 0.2) is 0 Å². The summed E-state index contributed by atoms with van der Waals surface area (Å²) in [6.45, 7) is 7.46. The summed E-state index contributed by atoms with van der Waals surface area (Å²) in [4.78, 5) is 0. The predicted octanol–water partition coefficient (Wildman–Crippen LogP) is 5.73. The van der Waals surface area contributed by atoms with Gasteiger partial charge in [-0.1, -0.05) is 33.3 Å². The third kappa shape index (κ3) is 1.95. The molecule has 0 saturated heterocycles. The first-order valence-electron chi connectivity index (χ1n) is 9.57. The zero-order chi connectivity index (χ0) is 15.5. The van der Waals surface area contributed by atoms with Crippen molar-refractivity contribution in [3.63, 3.8) is 0 Å². The summed E-state index contributed by atoms with van der Waals surface area (Å²) in [5.74, 6) is 4.50. The average Bonchev–Trinajstić information content (AvgIpc) is 2.81. The highest BCUT2D eigenvalue weighted by atomic mass is 14.6. The van der Waals surface area contributed by atoms with E-state index in [-0.39, 0.29) is 5.41 Å². The van der Waals surface area contributed by atoms with E-state index in [0.717, 1.165) is 35.2 Å². The molecule has 0 amide bonds. The third-order valence-electron chi connectivity index (χ3n) is 8.38. The number of allylic oxidation sites excluding steroid dienone is 2. The molecule has 3 fully saturated rings. The standard InChI is InChI=1S/C21H31N/c1-14-4-5-16-10-18-15(12-20(16,2)11-14)8-9-21(3)17(13-22)6-7-19(18)21/h6,14-16,18-19H,4-5,7-12H2,1-3H3/t14-,15+,16-,18+,19-,20-,21+/m1/s1. The maximum absolute atomic E-state index is 9.51. The van der Waals surface area contributed by atoms with Crippen molar-refractivity contribution in [1.29, 1.82) is 5.26 Å². The highest BCUT2D eigenvalue weighted by Gasteiger charge is 2.56. The van der Waals surface area contributed by atoms with E-state index in [2.05, 4.69) is 32.9 Å². The van der Waals surface area contributed by atoms with Gasteiger partial charge in [-0.15, -0.1) is 0 Å². The summed E-state index contributed by atoms with van der Waals surface area (Å²) < 4.78 is 0. The normalized spacial score (nSPS) is 53.7. The van der Waals surface area contributed by atoms with Crippen LogP contribution < -0.4 is 0 Å². The summed E-state index contributed by atoms with van der Waals surface area (Å²) in [5, 5.41) is 9.51.